The molecule has 34 heavy (non-hydrogen) atoms. The molecule has 3 rings (SSSR count). The Morgan fingerprint density at radius 3 is 2.06 bits per heavy atom. The third-order valence-corrected chi connectivity index (χ3v) is 9.26. The minimum atomic E-state index is -2.71. The van der Waals surface area contributed by atoms with Crippen LogP contribution in [0.3, 0.4) is 0 Å². The van der Waals surface area contributed by atoms with Gasteiger partial charge in [-0.05, 0) is 36.1 Å². The van der Waals surface area contributed by atoms with E-state index in [-0.39, 0.29) is 14.6 Å². The van der Waals surface area contributed by atoms with Gasteiger partial charge in [-0.1, -0.05) is 42.8 Å². The van der Waals surface area contributed by atoms with Crippen LogP contribution in [0.5, 0.6) is 0 Å². The molecule has 2 atom stereocenters. The Balaban J connectivity index is 0.000000652. The normalized spacial score (nSPS) is 17.6. The molecule has 0 amide bonds. The summed E-state index contributed by atoms with van der Waals surface area (Å²) in [6.45, 7) is 0.989. The summed E-state index contributed by atoms with van der Waals surface area (Å²) in [7, 11) is -5.18. The van der Waals surface area contributed by atoms with Crippen molar-refractivity contribution in [2.24, 2.45) is 8.73 Å². The second-order valence-electron chi connectivity index (χ2n) is 7.25. The maximum atomic E-state index is 12.8. The monoisotopic (exact) mass is 547 g/mol. The average Bonchev–Trinajstić information content (AvgIpc) is 2.76. The molecule has 1 aliphatic heterocycles. The zero-order valence-corrected chi connectivity index (χ0v) is 21.1. The van der Waals surface area contributed by atoms with Crippen molar-refractivity contribution in [3.05, 3.63) is 58.1 Å². The average molecular weight is 549 g/mol. The number of ether oxygens (including phenoxy) is 1. The first-order valence-corrected chi connectivity index (χ1v) is 14.3. The Labute approximate surface area is 212 Å². The summed E-state index contributed by atoms with van der Waals surface area (Å²) in [5.74, 6) is 0.213. The van der Waals surface area contributed by atoms with E-state index in [0.717, 1.165) is 11.1 Å². The summed E-state index contributed by atoms with van der Waals surface area (Å²) < 4.78 is 36.1. The topological polar surface area (TPSA) is 141 Å². The van der Waals surface area contributed by atoms with Crippen LogP contribution in [0.2, 0.25) is 10.3 Å². The number of rotatable bonds is 4. The molecule has 0 radical (unpaired) electrons. The van der Waals surface area contributed by atoms with Crippen LogP contribution in [0.25, 0.3) is 0 Å². The van der Waals surface area contributed by atoms with Crippen LogP contribution >= 0.6 is 23.2 Å². The number of hydrogen-bond acceptors (Lipinski definition) is 9. The molecule has 0 spiro atoms. The minimum absolute atomic E-state index is 0. The van der Waals surface area contributed by atoms with Crippen molar-refractivity contribution in [3.8, 4) is 12.4 Å². The van der Waals surface area contributed by atoms with Gasteiger partial charge in [0.05, 0.1) is 30.0 Å². The van der Waals surface area contributed by atoms with Crippen molar-refractivity contribution in [3.63, 3.8) is 0 Å². The van der Waals surface area contributed by atoms with E-state index in [9.17, 15) is 8.42 Å². The third kappa shape index (κ3) is 7.90. The van der Waals surface area contributed by atoms with Crippen molar-refractivity contribution in [1.29, 1.82) is 10.5 Å². The smallest absolute Gasteiger partial charge is 0.214 e. The first-order chi connectivity index (χ1) is 15.5. The van der Waals surface area contributed by atoms with Crippen molar-refractivity contribution in [2.45, 2.75) is 30.8 Å². The summed E-state index contributed by atoms with van der Waals surface area (Å²) in [5, 5.41) is 17.8. The maximum absolute atomic E-state index is 12.8. The van der Waals surface area contributed by atoms with E-state index in [1.54, 1.807) is 42.8 Å². The molecule has 3 heterocycles. The molecule has 2 unspecified atom stereocenters. The van der Waals surface area contributed by atoms with Crippen molar-refractivity contribution < 1.29 is 14.6 Å². The zero-order valence-electron chi connectivity index (χ0n) is 18.0. The number of aromatic nitrogens is 2. The van der Waals surface area contributed by atoms with Gasteiger partial charge in [0.2, 0.25) is 12.4 Å². The Hall–Kier alpha value is -2.28. The molecule has 9 nitrogen and oxygen atoms in total. The number of nitriles is 2. The highest BCUT2D eigenvalue weighted by atomic mass is 35.5. The lowest BCUT2D eigenvalue weighted by Crippen LogP contribution is -2.40. The Bertz CT molecular complexity index is 1290. The van der Waals surface area contributed by atoms with Gasteiger partial charge in [-0.25, -0.2) is 18.4 Å². The van der Waals surface area contributed by atoms with Gasteiger partial charge in [0, 0.05) is 39.5 Å². The first kappa shape index (κ1) is 29.8. The van der Waals surface area contributed by atoms with E-state index in [1.165, 1.54) is 18.7 Å². The van der Waals surface area contributed by atoms with Gasteiger partial charge in [0.1, 0.15) is 10.3 Å². The fraction of sp³-hybridized carbons (Fsp3) is 0.429. The van der Waals surface area contributed by atoms with E-state index in [2.05, 4.69) is 18.7 Å². The molecule has 1 fully saturated rings. The molecular formula is C21H28Cl2N6O3S2. The van der Waals surface area contributed by atoms with E-state index in [4.69, 9.17) is 38.5 Å². The van der Waals surface area contributed by atoms with Crippen molar-refractivity contribution in [1.82, 2.24) is 9.97 Å². The van der Waals surface area contributed by atoms with E-state index >= 15 is 0 Å². The molecule has 13 heteroatoms. The molecule has 1 saturated heterocycles. The van der Waals surface area contributed by atoms with Gasteiger partial charge in [-0.2, -0.15) is 10.5 Å². The van der Waals surface area contributed by atoms with Crippen LogP contribution < -0.4 is 0 Å². The highest BCUT2D eigenvalue weighted by Crippen LogP contribution is 2.40. The lowest BCUT2D eigenvalue weighted by atomic mass is 9.92. The number of nitrogens with zero attached hydrogens (tertiary/aromatic N) is 6. The summed E-state index contributed by atoms with van der Waals surface area (Å²) in [4.78, 5) is 7.89. The van der Waals surface area contributed by atoms with E-state index < -0.39 is 24.2 Å². The van der Waals surface area contributed by atoms with Gasteiger partial charge in [-0.3, -0.25) is 0 Å². The van der Waals surface area contributed by atoms with E-state index in [1.807, 2.05) is 0 Å². The fourth-order valence-corrected chi connectivity index (χ4v) is 6.38. The SMILES string of the molecule is C.CS(=O)(=NC#N)C1(c2ccc(Cl)nc2)CCOCC1.CS(=O)(Cc1ccc(Cl)nc1)=NC#N.[2HH]. The Morgan fingerprint density at radius 1 is 1.03 bits per heavy atom. The van der Waals surface area contributed by atoms with Crippen LogP contribution in [-0.2, 0) is 34.7 Å². The Morgan fingerprint density at radius 2 is 1.59 bits per heavy atom. The molecule has 0 saturated carbocycles. The third-order valence-electron chi connectivity index (χ3n) is 4.95. The fourth-order valence-electron chi connectivity index (χ4n) is 3.32. The summed E-state index contributed by atoms with van der Waals surface area (Å²) >= 11 is 11.4. The number of hydrogen-bond donors (Lipinski definition) is 0. The summed E-state index contributed by atoms with van der Waals surface area (Å²) in [6, 6.07) is 6.79. The lowest BCUT2D eigenvalue weighted by molar-refractivity contribution is 0.0751. The van der Waals surface area contributed by atoms with Crippen LogP contribution in [0.15, 0.2) is 45.4 Å². The minimum Gasteiger partial charge on any atom is -0.381 e. The van der Waals surface area contributed by atoms with Gasteiger partial charge in [0.15, 0.2) is 0 Å². The molecule has 186 valence electrons. The quantitative estimate of drug-likeness (QED) is 0.386. The van der Waals surface area contributed by atoms with E-state index in [0.29, 0.717) is 36.4 Å². The van der Waals surface area contributed by atoms with Gasteiger partial charge >= 0.3 is 0 Å². The van der Waals surface area contributed by atoms with Crippen LogP contribution in [0, 0.1) is 22.9 Å². The van der Waals surface area contributed by atoms with Crippen molar-refractivity contribution >= 4 is 42.7 Å². The van der Waals surface area contributed by atoms with Gasteiger partial charge in [-0.15, -0.1) is 8.73 Å². The highest BCUT2D eigenvalue weighted by molar-refractivity contribution is 7.94. The number of pyridine rings is 2. The summed E-state index contributed by atoms with van der Waals surface area (Å²) in [6.07, 6.45) is 10.4. The molecule has 0 aromatic carbocycles. The highest BCUT2D eigenvalue weighted by Gasteiger charge is 2.42. The molecule has 2 aromatic rings. The molecule has 0 N–H and O–H groups in total. The number of halogens is 2. The summed E-state index contributed by atoms with van der Waals surface area (Å²) in [5.41, 5.74) is 1.55. The molecule has 0 aliphatic carbocycles. The molecule has 2 aromatic heterocycles. The van der Waals surface area contributed by atoms with Crippen molar-refractivity contribution in [2.75, 3.05) is 25.7 Å². The largest absolute Gasteiger partial charge is 0.381 e. The maximum Gasteiger partial charge on any atom is 0.214 e. The molecule has 1 aliphatic rings. The zero-order chi connectivity index (χ0) is 24.5. The second kappa shape index (κ2) is 13.0. The standard InChI is InChI=1S/C12H14ClN3O2S.C8H8ClN3OS.CH4.H2/c1-19(17,16-9-14)12(4-6-18-7-5-12)10-2-3-11(13)15-8-10;1-14(13,12-6-10)5-7-2-3-8(9)11-4-7;;/h2-3,8H,4-7H2,1H3;2-4H,5H2,1H3;1H4;1H/i;;;1+1. The van der Waals surface area contributed by atoms with Crippen LogP contribution in [0.1, 0.15) is 32.8 Å². The molecular weight excluding hydrogens is 519 g/mol. The lowest BCUT2D eigenvalue weighted by Gasteiger charge is -2.37. The van der Waals surface area contributed by atoms with Crippen LogP contribution in [-0.4, -0.2) is 44.1 Å². The predicted molar refractivity (Wildman–Crippen MR) is 137 cm³/mol. The predicted octanol–water partition coefficient (Wildman–Crippen LogP) is 5.02. The van der Waals surface area contributed by atoms with Gasteiger partial charge in [0.25, 0.3) is 0 Å². The van der Waals surface area contributed by atoms with Crippen LogP contribution in [0.4, 0.5) is 0 Å². The first-order valence-electron chi connectivity index (χ1n) is 9.53. The molecule has 0 bridgehead atoms. The van der Waals surface area contributed by atoms with Gasteiger partial charge < -0.3 is 4.74 Å². The second-order valence-corrected chi connectivity index (χ2v) is 13.0. The Kier molecular flexibility index (Phi) is 11.4.